The maximum absolute atomic E-state index is 13.0. The number of rotatable bonds is 2. The molecule has 0 fully saturated rings. The first kappa shape index (κ1) is 10.6. The Morgan fingerprint density at radius 3 is 3.06 bits per heavy atom. The molecule has 2 aromatic heterocycles. The van der Waals surface area contributed by atoms with Crippen LogP contribution in [0.2, 0.25) is 5.02 Å². The van der Waals surface area contributed by atoms with Gasteiger partial charge in [0.25, 0.3) is 0 Å². The lowest BCUT2D eigenvalue weighted by Crippen LogP contribution is -1.91. The summed E-state index contributed by atoms with van der Waals surface area (Å²) in [5.74, 6) is 0.290. The zero-order valence-electron chi connectivity index (χ0n) is 8.50. The van der Waals surface area contributed by atoms with Gasteiger partial charge < -0.3 is 5.32 Å². The minimum atomic E-state index is -0.430. The molecule has 86 valence electrons. The number of thiophene rings is 1. The van der Waals surface area contributed by atoms with E-state index in [-0.39, 0.29) is 5.02 Å². The average Bonchev–Trinajstić information content (AvgIpc) is 2.88. The second-order valence-electron chi connectivity index (χ2n) is 3.49. The van der Waals surface area contributed by atoms with Crippen molar-refractivity contribution in [2.45, 2.75) is 0 Å². The first-order valence-corrected chi connectivity index (χ1v) is 6.13. The fraction of sp³-hybridized carbons (Fsp3) is 0. The van der Waals surface area contributed by atoms with Crippen LogP contribution in [0.25, 0.3) is 10.2 Å². The molecule has 3 rings (SSSR count). The Bertz CT molecular complexity index is 676. The van der Waals surface area contributed by atoms with Crippen molar-refractivity contribution in [1.29, 1.82) is 0 Å². The Labute approximate surface area is 105 Å². The smallest absolute Gasteiger partial charge is 0.170 e. The lowest BCUT2D eigenvalue weighted by molar-refractivity contribution is 0.628. The lowest BCUT2D eigenvalue weighted by atomic mass is 10.3. The predicted molar refractivity (Wildman–Crippen MR) is 68.7 cm³/mol. The van der Waals surface area contributed by atoms with Gasteiger partial charge in [-0.15, -0.1) is 11.3 Å². The first-order chi connectivity index (χ1) is 8.24. The number of H-pyrrole nitrogens is 1. The summed E-state index contributed by atoms with van der Waals surface area (Å²) in [6.07, 6.45) is 0. The number of nitrogens with zero attached hydrogens (tertiary/aromatic N) is 1. The van der Waals surface area contributed by atoms with Gasteiger partial charge in [-0.1, -0.05) is 11.6 Å². The molecule has 0 atom stereocenters. The monoisotopic (exact) mass is 267 g/mol. The predicted octanol–water partition coefficient (Wildman–Crippen LogP) is 4.16. The Hall–Kier alpha value is -1.59. The molecular formula is C11H7ClFN3S. The van der Waals surface area contributed by atoms with Crippen LogP contribution in [-0.2, 0) is 0 Å². The van der Waals surface area contributed by atoms with Gasteiger partial charge in [-0.05, 0) is 29.6 Å². The van der Waals surface area contributed by atoms with Crippen molar-refractivity contribution in [2.24, 2.45) is 0 Å². The molecule has 0 bridgehead atoms. The van der Waals surface area contributed by atoms with Crippen molar-refractivity contribution < 1.29 is 4.39 Å². The van der Waals surface area contributed by atoms with Crippen LogP contribution in [-0.4, -0.2) is 10.2 Å². The van der Waals surface area contributed by atoms with Crippen LogP contribution in [0.15, 0.2) is 29.6 Å². The molecule has 3 nitrogen and oxygen atoms in total. The summed E-state index contributed by atoms with van der Waals surface area (Å²) >= 11 is 7.29. The summed E-state index contributed by atoms with van der Waals surface area (Å²) in [4.78, 5) is 0. The molecule has 0 radical (unpaired) electrons. The Morgan fingerprint density at radius 2 is 2.24 bits per heavy atom. The fourth-order valence-electron chi connectivity index (χ4n) is 1.54. The van der Waals surface area contributed by atoms with Gasteiger partial charge in [0.1, 0.15) is 5.82 Å². The van der Waals surface area contributed by atoms with E-state index in [1.165, 1.54) is 12.1 Å². The molecule has 6 heteroatoms. The van der Waals surface area contributed by atoms with E-state index in [0.717, 1.165) is 16.0 Å². The Kier molecular flexibility index (Phi) is 2.49. The van der Waals surface area contributed by atoms with Crippen molar-refractivity contribution in [3.8, 4) is 0 Å². The number of anilines is 2. The maximum atomic E-state index is 13.0. The molecule has 1 aromatic carbocycles. The number of benzene rings is 1. The fourth-order valence-corrected chi connectivity index (χ4v) is 2.51. The summed E-state index contributed by atoms with van der Waals surface area (Å²) in [5, 5.41) is 12.2. The summed E-state index contributed by atoms with van der Waals surface area (Å²) in [6, 6.07) is 6.43. The Morgan fingerprint density at radius 1 is 1.35 bits per heavy atom. The molecule has 0 aliphatic carbocycles. The van der Waals surface area contributed by atoms with E-state index in [9.17, 15) is 4.39 Å². The van der Waals surface area contributed by atoms with Gasteiger partial charge in [0, 0.05) is 5.69 Å². The number of aromatic nitrogens is 2. The van der Waals surface area contributed by atoms with E-state index in [0.29, 0.717) is 5.69 Å². The standard InChI is InChI=1S/C11H7ClFN3S/c12-7-5-6(1-2-8(7)13)14-11-10-9(15-16-11)3-4-17-10/h1-5H,(H2,14,15,16). The van der Waals surface area contributed by atoms with Gasteiger partial charge in [0.15, 0.2) is 5.82 Å². The number of hydrogen-bond acceptors (Lipinski definition) is 3. The van der Waals surface area contributed by atoms with E-state index < -0.39 is 5.82 Å². The topological polar surface area (TPSA) is 40.7 Å². The second kappa shape index (κ2) is 4.01. The van der Waals surface area contributed by atoms with Crippen molar-refractivity contribution in [1.82, 2.24) is 10.2 Å². The SMILES string of the molecule is Fc1ccc(Nc2n[nH]c3ccsc23)cc1Cl. The van der Waals surface area contributed by atoms with Crippen LogP contribution in [0.4, 0.5) is 15.9 Å². The highest BCUT2D eigenvalue weighted by atomic mass is 35.5. The van der Waals surface area contributed by atoms with E-state index in [2.05, 4.69) is 15.5 Å². The van der Waals surface area contributed by atoms with Gasteiger partial charge >= 0.3 is 0 Å². The number of aromatic amines is 1. The quantitative estimate of drug-likeness (QED) is 0.732. The minimum Gasteiger partial charge on any atom is -0.338 e. The third-order valence-electron chi connectivity index (χ3n) is 2.35. The molecule has 2 N–H and O–H groups in total. The minimum absolute atomic E-state index is 0.0907. The van der Waals surface area contributed by atoms with Crippen molar-refractivity contribution in [2.75, 3.05) is 5.32 Å². The van der Waals surface area contributed by atoms with Gasteiger partial charge in [0.2, 0.25) is 0 Å². The van der Waals surface area contributed by atoms with Crippen molar-refractivity contribution in [3.05, 3.63) is 40.5 Å². The average molecular weight is 268 g/mol. The van der Waals surface area contributed by atoms with E-state index in [1.54, 1.807) is 17.4 Å². The van der Waals surface area contributed by atoms with Crippen LogP contribution >= 0.6 is 22.9 Å². The lowest BCUT2D eigenvalue weighted by Gasteiger charge is -2.03. The molecule has 0 aliphatic rings. The third kappa shape index (κ3) is 1.87. The number of hydrogen-bond donors (Lipinski definition) is 2. The number of nitrogens with one attached hydrogen (secondary N) is 2. The zero-order chi connectivity index (χ0) is 11.8. The third-order valence-corrected chi connectivity index (χ3v) is 3.56. The highest BCUT2D eigenvalue weighted by Gasteiger charge is 2.07. The van der Waals surface area contributed by atoms with Gasteiger partial charge in [-0.3, -0.25) is 5.10 Å². The molecular weight excluding hydrogens is 261 g/mol. The maximum Gasteiger partial charge on any atom is 0.170 e. The van der Waals surface area contributed by atoms with Crippen LogP contribution in [0.1, 0.15) is 0 Å². The summed E-state index contributed by atoms with van der Waals surface area (Å²) < 4.78 is 14.0. The largest absolute Gasteiger partial charge is 0.338 e. The van der Waals surface area contributed by atoms with Crippen molar-refractivity contribution in [3.63, 3.8) is 0 Å². The molecule has 0 saturated heterocycles. The number of fused-ring (bicyclic) bond motifs is 1. The van der Waals surface area contributed by atoms with Crippen LogP contribution in [0.5, 0.6) is 0 Å². The summed E-state index contributed by atoms with van der Waals surface area (Å²) in [7, 11) is 0. The zero-order valence-corrected chi connectivity index (χ0v) is 10.1. The number of halogens is 2. The Balaban J connectivity index is 1.97. The molecule has 0 unspecified atom stereocenters. The van der Waals surface area contributed by atoms with E-state index >= 15 is 0 Å². The van der Waals surface area contributed by atoms with Crippen molar-refractivity contribution >= 4 is 44.7 Å². The second-order valence-corrected chi connectivity index (χ2v) is 4.81. The highest BCUT2D eigenvalue weighted by molar-refractivity contribution is 7.17. The first-order valence-electron chi connectivity index (χ1n) is 4.88. The molecule has 0 amide bonds. The van der Waals surface area contributed by atoms with Crippen LogP contribution < -0.4 is 5.32 Å². The van der Waals surface area contributed by atoms with Crippen LogP contribution in [0, 0.1) is 5.82 Å². The van der Waals surface area contributed by atoms with E-state index in [1.807, 2.05) is 11.4 Å². The molecule has 2 heterocycles. The molecule has 0 spiro atoms. The normalized spacial score (nSPS) is 10.9. The molecule has 0 saturated carbocycles. The summed E-state index contributed by atoms with van der Waals surface area (Å²) in [5.41, 5.74) is 1.68. The van der Waals surface area contributed by atoms with E-state index in [4.69, 9.17) is 11.6 Å². The van der Waals surface area contributed by atoms with Gasteiger partial charge in [-0.25, -0.2) is 4.39 Å². The highest BCUT2D eigenvalue weighted by Crippen LogP contribution is 2.29. The van der Waals surface area contributed by atoms with Crippen LogP contribution in [0.3, 0.4) is 0 Å². The summed E-state index contributed by atoms with van der Waals surface area (Å²) in [6.45, 7) is 0. The molecule has 17 heavy (non-hydrogen) atoms. The van der Waals surface area contributed by atoms with Gasteiger partial charge in [0.05, 0.1) is 15.2 Å². The molecule has 3 aromatic rings. The van der Waals surface area contributed by atoms with Gasteiger partial charge in [-0.2, -0.15) is 5.10 Å². The molecule has 0 aliphatic heterocycles.